The molecule has 0 radical (unpaired) electrons. The van der Waals surface area contributed by atoms with Crippen molar-refractivity contribution in [2.45, 2.75) is 26.2 Å². The third kappa shape index (κ3) is 3.57. The van der Waals surface area contributed by atoms with E-state index in [0.717, 1.165) is 18.4 Å². The van der Waals surface area contributed by atoms with Crippen LogP contribution in [0.2, 0.25) is 0 Å². The number of carbonyl (C=O) groups is 2. The smallest absolute Gasteiger partial charge is 0.216 e. The molecule has 0 spiro atoms. The largest absolute Gasteiger partial charge is 0.398 e. The second-order valence-electron chi connectivity index (χ2n) is 5.20. The zero-order chi connectivity index (χ0) is 16.1. The maximum absolute atomic E-state index is 12.7. The molecule has 0 fully saturated rings. The molecule has 0 unspecified atom stereocenters. The van der Waals surface area contributed by atoms with E-state index in [1.54, 1.807) is 18.2 Å². The van der Waals surface area contributed by atoms with E-state index in [-0.39, 0.29) is 10.9 Å². The van der Waals surface area contributed by atoms with Gasteiger partial charge in [-0.2, -0.15) is 0 Å². The molecular weight excluding hydrogens is 294 g/mol. The predicted molar refractivity (Wildman–Crippen MR) is 92.7 cm³/mol. The zero-order valence-corrected chi connectivity index (χ0v) is 13.4. The van der Waals surface area contributed by atoms with Crippen LogP contribution in [0.4, 0.5) is 5.69 Å². The zero-order valence-electron chi connectivity index (χ0n) is 12.5. The van der Waals surface area contributed by atoms with Gasteiger partial charge in [0.05, 0.1) is 0 Å². The topological polar surface area (TPSA) is 60.2 Å². The number of hydrogen-bond donors (Lipinski definition) is 2. The van der Waals surface area contributed by atoms with Crippen molar-refractivity contribution < 1.29 is 9.59 Å². The van der Waals surface area contributed by atoms with Gasteiger partial charge in [0.1, 0.15) is 0 Å². The van der Waals surface area contributed by atoms with E-state index in [4.69, 9.17) is 5.73 Å². The highest BCUT2D eigenvalue weighted by molar-refractivity contribution is 7.97. The summed E-state index contributed by atoms with van der Waals surface area (Å²) in [5.74, 6) is -0.109. The van der Waals surface area contributed by atoms with E-state index < -0.39 is 0 Å². The Hall–Kier alpha value is -2.07. The number of rotatable bonds is 6. The number of nitrogens with two attached hydrogens (primary N) is 1. The molecule has 2 rings (SSSR count). The van der Waals surface area contributed by atoms with Crippen LogP contribution in [0.15, 0.2) is 42.5 Å². The molecule has 0 saturated carbocycles. The molecule has 0 heterocycles. The van der Waals surface area contributed by atoms with Crippen molar-refractivity contribution in [2.24, 2.45) is 0 Å². The van der Waals surface area contributed by atoms with Crippen LogP contribution in [-0.4, -0.2) is 10.9 Å². The number of nitrogen functional groups attached to an aromatic ring is 1. The quantitative estimate of drug-likeness (QED) is 0.483. The molecule has 0 atom stereocenters. The van der Waals surface area contributed by atoms with Gasteiger partial charge < -0.3 is 5.73 Å². The van der Waals surface area contributed by atoms with Gasteiger partial charge in [-0.3, -0.25) is 9.59 Å². The first-order valence-corrected chi connectivity index (χ1v) is 7.74. The molecule has 2 aromatic carbocycles. The van der Waals surface area contributed by atoms with Crippen LogP contribution in [0.5, 0.6) is 0 Å². The fourth-order valence-electron chi connectivity index (χ4n) is 2.43. The number of unbranched alkanes of at least 4 members (excludes halogenated alkanes) is 1. The van der Waals surface area contributed by atoms with Crippen molar-refractivity contribution in [2.75, 3.05) is 5.73 Å². The lowest BCUT2D eigenvalue weighted by atomic mass is 9.92. The maximum atomic E-state index is 12.7. The first kappa shape index (κ1) is 16.3. The van der Waals surface area contributed by atoms with E-state index in [1.165, 1.54) is 6.07 Å². The molecule has 0 aromatic heterocycles. The number of aryl methyl sites for hydroxylation is 1. The lowest BCUT2D eigenvalue weighted by Gasteiger charge is -2.13. The van der Waals surface area contributed by atoms with Gasteiger partial charge in [-0.25, -0.2) is 0 Å². The highest BCUT2D eigenvalue weighted by Crippen LogP contribution is 2.25. The van der Waals surface area contributed by atoms with Crippen LogP contribution in [0.3, 0.4) is 0 Å². The molecule has 0 bridgehead atoms. The lowest BCUT2D eigenvalue weighted by molar-refractivity contribution is 0.103. The molecule has 4 heteroatoms. The summed E-state index contributed by atoms with van der Waals surface area (Å²) in [6.45, 7) is 2.08. The first-order chi connectivity index (χ1) is 10.5. The molecule has 0 saturated heterocycles. The summed E-state index contributed by atoms with van der Waals surface area (Å²) in [5.41, 5.74) is 8.73. The molecule has 22 heavy (non-hydrogen) atoms. The summed E-state index contributed by atoms with van der Waals surface area (Å²) in [4.78, 5) is 24.2. The Kier molecular flexibility index (Phi) is 5.39. The molecule has 2 aromatic rings. The van der Waals surface area contributed by atoms with E-state index in [0.29, 0.717) is 28.8 Å². The van der Waals surface area contributed by atoms with Crippen molar-refractivity contribution in [3.8, 4) is 0 Å². The fourth-order valence-corrected chi connectivity index (χ4v) is 2.55. The molecule has 114 valence electrons. The number of thiol groups is 1. The van der Waals surface area contributed by atoms with Gasteiger partial charge in [-0.1, -0.05) is 43.7 Å². The summed E-state index contributed by atoms with van der Waals surface area (Å²) in [7, 11) is 0. The molecule has 3 nitrogen and oxygen atoms in total. The maximum Gasteiger partial charge on any atom is 0.216 e. The fraction of sp³-hybridized carbons (Fsp3) is 0.222. The van der Waals surface area contributed by atoms with Crippen molar-refractivity contribution in [3.63, 3.8) is 0 Å². The molecule has 0 aliphatic rings. The Morgan fingerprint density at radius 3 is 2.36 bits per heavy atom. The molecule has 0 amide bonds. The number of carbonyl (C=O) groups excluding carboxylic acids is 2. The van der Waals surface area contributed by atoms with E-state index in [2.05, 4.69) is 19.6 Å². The van der Waals surface area contributed by atoms with E-state index >= 15 is 0 Å². The number of ketones is 1. The van der Waals surface area contributed by atoms with Gasteiger partial charge in [-0.05, 0) is 30.5 Å². The van der Waals surface area contributed by atoms with Gasteiger partial charge in [0.25, 0.3) is 0 Å². The molecular formula is C18H19NO2S. The summed E-state index contributed by atoms with van der Waals surface area (Å²) in [6.07, 6.45) is 2.64. The minimum atomic E-state index is -0.344. The molecule has 2 N–H and O–H groups in total. The first-order valence-electron chi connectivity index (χ1n) is 7.30. The van der Waals surface area contributed by atoms with Gasteiger partial charge in [0.2, 0.25) is 5.12 Å². The van der Waals surface area contributed by atoms with Crippen LogP contribution in [0, 0.1) is 0 Å². The van der Waals surface area contributed by atoms with Crippen LogP contribution in [0.1, 0.15) is 51.6 Å². The average Bonchev–Trinajstić information content (AvgIpc) is 2.52. The van der Waals surface area contributed by atoms with E-state index in [9.17, 15) is 9.59 Å². The molecule has 0 aliphatic carbocycles. The summed E-state index contributed by atoms with van der Waals surface area (Å²) in [6, 6.07) is 12.3. The van der Waals surface area contributed by atoms with Crippen LogP contribution >= 0.6 is 12.6 Å². The Labute approximate surface area is 135 Å². The number of hydrogen-bond acceptors (Lipinski definition) is 3. The molecule has 0 aliphatic heterocycles. The third-order valence-electron chi connectivity index (χ3n) is 3.56. The highest BCUT2D eigenvalue weighted by Gasteiger charge is 2.19. The number of anilines is 1. The van der Waals surface area contributed by atoms with Gasteiger partial charge >= 0.3 is 0 Å². The summed E-state index contributed by atoms with van der Waals surface area (Å²) >= 11 is 3.85. The Morgan fingerprint density at radius 1 is 1.09 bits per heavy atom. The van der Waals surface area contributed by atoms with Gasteiger partial charge in [0, 0.05) is 22.4 Å². The predicted octanol–water partition coefficient (Wildman–Crippen LogP) is 3.91. The highest BCUT2D eigenvalue weighted by atomic mass is 32.1. The van der Waals surface area contributed by atoms with Crippen LogP contribution in [0.25, 0.3) is 0 Å². The summed E-state index contributed by atoms with van der Waals surface area (Å²) < 4.78 is 0. The monoisotopic (exact) mass is 313 g/mol. The minimum Gasteiger partial charge on any atom is -0.398 e. The average molecular weight is 313 g/mol. The Morgan fingerprint density at radius 2 is 1.77 bits per heavy atom. The van der Waals surface area contributed by atoms with Crippen LogP contribution in [-0.2, 0) is 6.42 Å². The normalized spacial score (nSPS) is 10.5. The lowest BCUT2D eigenvalue weighted by Crippen LogP contribution is -2.11. The minimum absolute atomic E-state index is 0.109. The van der Waals surface area contributed by atoms with Gasteiger partial charge in [-0.15, -0.1) is 12.6 Å². The van der Waals surface area contributed by atoms with Crippen molar-refractivity contribution in [1.82, 2.24) is 0 Å². The van der Waals surface area contributed by atoms with Crippen molar-refractivity contribution >= 4 is 29.2 Å². The van der Waals surface area contributed by atoms with Crippen molar-refractivity contribution in [1.29, 1.82) is 0 Å². The van der Waals surface area contributed by atoms with Crippen LogP contribution < -0.4 is 5.73 Å². The second kappa shape index (κ2) is 7.27. The standard InChI is InChI=1S/C18H19NO2S/c1-2-3-7-13-10-14(18(21)22)11-15(19)16(13)17(20)12-8-5-4-6-9-12/h4-6,8-11H,2-3,7,19H2,1H3,(H,21,22). The van der Waals surface area contributed by atoms with Crippen molar-refractivity contribution in [3.05, 3.63) is 64.7 Å². The third-order valence-corrected chi connectivity index (χ3v) is 3.82. The SMILES string of the molecule is CCCCc1cc(C(=O)S)cc(N)c1C(=O)c1ccccc1. The summed E-state index contributed by atoms with van der Waals surface area (Å²) in [5, 5.41) is -0.344. The van der Waals surface area contributed by atoms with E-state index in [1.807, 2.05) is 18.2 Å². The van der Waals surface area contributed by atoms with Gasteiger partial charge in [0.15, 0.2) is 5.78 Å². The number of benzene rings is 2. The second-order valence-corrected chi connectivity index (χ2v) is 5.61. The Bertz CT molecular complexity index is 696. The Balaban J connectivity index is 2.53.